The molecule has 1 aromatic rings. The smallest absolute Gasteiger partial charge is 0.0709 e. The summed E-state index contributed by atoms with van der Waals surface area (Å²) in [6, 6.07) is 2.12. The van der Waals surface area contributed by atoms with Crippen molar-refractivity contribution < 1.29 is 0 Å². The maximum Gasteiger partial charge on any atom is 0.0709 e. The van der Waals surface area contributed by atoms with Gasteiger partial charge in [0.1, 0.15) is 0 Å². The molecule has 1 aromatic heterocycles. The summed E-state index contributed by atoms with van der Waals surface area (Å²) < 4.78 is 4.19. The predicted octanol–water partition coefficient (Wildman–Crippen LogP) is 2.19. The zero-order valence-electron chi connectivity index (χ0n) is 6.95. The van der Waals surface area contributed by atoms with Gasteiger partial charge in [-0.05, 0) is 29.9 Å². The van der Waals surface area contributed by atoms with E-state index < -0.39 is 0 Å². The minimum atomic E-state index is 0.126. The summed E-state index contributed by atoms with van der Waals surface area (Å²) in [7, 11) is 0. The van der Waals surface area contributed by atoms with Gasteiger partial charge in [-0.2, -0.15) is 4.37 Å². The van der Waals surface area contributed by atoms with Crippen molar-refractivity contribution in [1.29, 1.82) is 0 Å². The third kappa shape index (κ3) is 2.60. The van der Waals surface area contributed by atoms with Gasteiger partial charge >= 0.3 is 0 Å². The average molecular weight is 170 g/mol. The summed E-state index contributed by atoms with van der Waals surface area (Å²) in [6.45, 7) is 4.35. The molecule has 0 aliphatic carbocycles. The van der Waals surface area contributed by atoms with E-state index in [1.807, 2.05) is 11.4 Å². The molecule has 0 saturated heterocycles. The lowest BCUT2D eigenvalue weighted by atomic mass is 10.0. The van der Waals surface area contributed by atoms with E-state index in [1.54, 1.807) is 0 Å². The fourth-order valence-electron chi connectivity index (χ4n) is 1.04. The van der Waals surface area contributed by atoms with Crippen molar-refractivity contribution >= 4 is 11.5 Å². The number of rotatable bonds is 3. The monoisotopic (exact) mass is 170 g/mol. The van der Waals surface area contributed by atoms with Crippen molar-refractivity contribution in [3.63, 3.8) is 0 Å². The van der Waals surface area contributed by atoms with Crippen LogP contribution < -0.4 is 5.73 Å². The molecule has 1 heterocycles. The number of nitrogens with two attached hydrogens (primary N) is 1. The van der Waals surface area contributed by atoms with Gasteiger partial charge < -0.3 is 5.73 Å². The molecule has 1 rings (SSSR count). The van der Waals surface area contributed by atoms with Crippen LogP contribution in [0.2, 0.25) is 0 Å². The Hall–Kier alpha value is -0.410. The molecule has 0 radical (unpaired) electrons. The first kappa shape index (κ1) is 8.68. The van der Waals surface area contributed by atoms with Crippen molar-refractivity contribution in [1.82, 2.24) is 4.37 Å². The van der Waals surface area contributed by atoms with Gasteiger partial charge in [-0.3, -0.25) is 0 Å². The lowest BCUT2D eigenvalue weighted by molar-refractivity contribution is 0.505. The number of aromatic nitrogens is 1. The lowest BCUT2D eigenvalue weighted by Crippen LogP contribution is -2.12. The van der Waals surface area contributed by atoms with Crippen LogP contribution in [0.1, 0.15) is 32.0 Å². The Balaban J connectivity index is 2.49. The summed E-state index contributed by atoms with van der Waals surface area (Å²) in [4.78, 5) is 0. The maximum absolute atomic E-state index is 5.88. The van der Waals surface area contributed by atoms with Crippen molar-refractivity contribution in [2.24, 2.45) is 11.7 Å². The first-order valence-electron chi connectivity index (χ1n) is 3.86. The minimum Gasteiger partial charge on any atom is -0.323 e. The van der Waals surface area contributed by atoms with E-state index in [9.17, 15) is 0 Å². The van der Waals surface area contributed by atoms with Crippen molar-refractivity contribution in [2.75, 3.05) is 0 Å². The summed E-state index contributed by atoms with van der Waals surface area (Å²) in [5, 5.41) is 1.97. The van der Waals surface area contributed by atoms with Crippen LogP contribution >= 0.6 is 11.5 Å². The van der Waals surface area contributed by atoms with Gasteiger partial charge in [0.25, 0.3) is 0 Å². The van der Waals surface area contributed by atoms with Crippen LogP contribution in [0.3, 0.4) is 0 Å². The molecule has 0 spiro atoms. The summed E-state index contributed by atoms with van der Waals surface area (Å²) in [5.41, 5.74) is 6.92. The van der Waals surface area contributed by atoms with Crippen LogP contribution in [-0.4, -0.2) is 4.37 Å². The molecule has 2 N–H and O–H groups in total. The maximum atomic E-state index is 5.88. The topological polar surface area (TPSA) is 38.9 Å². The van der Waals surface area contributed by atoms with Crippen LogP contribution in [0.4, 0.5) is 0 Å². The Labute approximate surface area is 71.6 Å². The van der Waals surface area contributed by atoms with Crippen LogP contribution in [0.15, 0.2) is 11.4 Å². The van der Waals surface area contributed by atoms with Crippen molar-refractivity contribution in [3.05, 3.63) is 17.1 Å². The fraction of sp³-hybridized carbons (Fsp3) is 0.625. The molecule has 0 saturated carbocycles. The molecule has 11 heavy (non-hydrogen) atoms. The molecule has 62 valence electrons. The Kier molecular flexibility index (Phi) is 3.02. The number of hydrogen-bond donors (Lipinski definition) is 1. The number of nitrogens with zero attached hydrogens (tertiary/aromatic N) is 1. The van der Waals surface area contributed by atoms with E-state index in [0.717, 1.165) is 12.1 Å². The highest BCUT2D eigenvalue weighted by molar-refractivity contribution is 7.03. The van der Waals surface area contributed by atoms with Gasteiger partial charge in [0.05, 0.1) is 5.69 Å². The zero-order chi connectivity index (χ0) is 8.27. The molecule has 0 amide bonds. The third-order valence-corrected chi connectivity index (χ3v) is 2.14. The molecule has 1 atom stereocenters. The second-order valence-electron chi connectivity index (χ2n) is 3.16. The fourth-order valence-corrected chi connectivity index (χ4v) is 1.62. The van der Waals surface area contributed by atoms with Crippen molar-refractivity contribution in [3.8, 4) is 0 Å². The highest BCUT2D eigenvalue weighted by Crippen LogP contribution is 2.17. The molecule has 0 aliphatic rings. The van der Waals surface area contributed by atoms with E-state index in [1.165, 1.54) is 11.5 Å². The summed E-state index contributed by atoms with van der Waals surface area (Å²) in [6.07, 6.45) is 1.02. The van der Waals surface area contributed by atoms with Crippen LogP contribution in [0.25, 0.3) is 0 Å². The molecule has 0 fully saturated rings. The molecule has 2 nitrogen and oxygen atoms in total. The van der Waals surface area contributed by atoms with Crippen molar-refractivity contribution in [2.45, 2.75) is 26.3 Å². The van der Waals surface area contributed by atoms with Crippen LogP contribution in [0, 0.1) is 5.92 Å². The molecular weight excluding hydrogens is 156 g/mol. The third-order valence-electron chi connectivity index (χ3n) is 1.56. The van der Waals surface area contributed by atoms with Gasteiger partial charge in [-0.15, -0.1) is 0 Å². The Bertz CT molecular complexity index is 194. The second-order valence-corrected chi connectivity index (χ2v) is 3.83. The normalized spacial score (nSPS) is 13.8. The molecule has 0 unspecified atom stereocenters. The van der Waals surface area contributed by atoms with Gasteiger partial charge in [-0.25, -0.2) is 0 Å². The molecule has 3 heteroatoms. The molecule has 0 aromatic carbocycles. The van der Waals surface area contributed by atoms with E-state index in [-0.39, 0.29) is 6.04 Å². The van der Waals surface area contributed by atoms with Crippen LogP contribution in [-0.2, 0) is 0 Å². The minimum absolute atomic E-state index is 0.126. The quantitative estimate of drug-likeness (QED) is 0.755. The highest BCUT2D eigenvalue weighted by atomic mass is 32.1. The van der Waals surface area contributed by atoms with Gasteiger partial charge in [0.15, 0.2) is 0 Å². The molecule has 0 aliphatic heterocycles. The zero-order valence-corrected chi connectivity index (χ0v) is 7.77. The highest BCUT2D eigenvalue weighted by Gasteiger charge is 2.09. The Morgan fingerprint density at radius 2 is 2.36 bits per heavy atom. The SMILES string of the molecule is CC(C)C[C@@H](N)c1ccsn1. The Morgan fingerprint density at radius 3 is 2.82 bits per heavy atom. The summed E-state index contributed by atoms with van der Waals surface area (Å²) in [5.74, 6) is 0.645. The first-order chi connectivity index (χ1) is 5.20. The second kappa shape index (κ2) is 3.83. The van der Waals surface area contributed by atoms with E-state index in [4.69, 9.17) is 5.73 Å². The van der Waals surface area contributed by atoms with E-state index >= 15 is 0 Å². The largest absolute Gasteiger partial charge is 0.323 e. The molecule has 0 bridgehead atoms. The van der Waals surface area contributed by atoms with Gasteiger partial charge in [-0.1, -0.05) is 13.8 Å². The van der Waals surface area contributed by atoms with Gasteiger partial charge in [0, 0.05) is 11.4 Å². The predicted molar refractivity (Wildman–Crippen MR) is 48.5 cm³/mol. The summed E-state index contributed by atoms with van der Waals surface area (Å²) >= 11 is 1.47. The average Bonchev–Trinajstić information content (AvgIpc) is 2.35. The first-order valence-corrected chi connectivity index (χ1v) is 4.69. The molecular formula is C8H14N2S. The Morgan fingerprint density at radius 1 is 1.64 bits per heavy atom. The van der Waals surface area contributed by atoms with E-state index in [0.29, 0.717) is 5.92 Å². The van der Waals surface area contributed by atoms with E-state index in [2.05, 4.69) is 18.2 Å². The standard InChI is InChI=1S/C8H14N2S/c1-6(2)5-7(9)8-3-4-11-10-8/h3-4,6-7H,5,9H2,1-2H3/t7-/m1/s1. The lowest BCUT2D eigenvalue weighted by Gasteiger charge is -2.10. The van der Waals surface area contributed by atoms with Gasteiger partial charge in [0.2, 0.25) is 0 Å². The van der Waals surface area contributed by atoms with Crippen LogP contribution in [0.5, 0.6) is 0 Å². The number of hydrogen-bond acceptors (Lipinski definition) is 3.